The van der Waals surface area contributed by atoms with E-state index in [0.717, 1.165) is 29.1 Å². The van der Waals surface area contributed by atoms with Crippen molar-refractivity contribution in [2.45, 2.75) is 4.90 Å². The summed E-state index contributed by atoms with van der Waals surface area (Å²) in [5, 5.41) is 11.2. The van der Waals surface area contributed by atoms with Crippen molar-refractivity contribution in [2.75, 3.05) is 10.0 Å². The average molecular weight is 544 g/mol. The molecule has 0 aliphatic rings. The largest absolute Gasteiger partial charge is 0.321 e. The van der Waals surface area contributed by atoms with Crippen LogP contribution in [0.25, 0.3) is 16.7 Å². The minimum Gasteiger partial charge on any atom is -0.321 e. The summed E-state index contributed by atoms with van der Waals surface area (Å²) >= 11 is 5.78. The number of hydrogen-bond donors (Lipinski definition) is 2. The van der Waals surface area contributed by atoms with Crippen LogP contribution in [0, 0.1) is 11.6 Å². The van der Waals surface area contributed by atoms with Gasteiger partial charge in [0.1, 0.15) is 22.2 Å². The number of carbonyl (C=O) groups excluding carboxylic acids is 1. The molecule has 2 aromatic carbocycles. The molecule has 0 aliphatic heterocycles. The van der Waals surface area contributed by atoms with Crippen molar-refractivity contribution in [3.63, 3.8) is 0 Å². The van der Waals surface area contributed by atoms with Gasteiger partial charge in [0.25, 0.3) is 15.9 Å². The van der Waals surface area contributed by atoms with E-state index in [0.29, 0.717) is 16.6 Å². The number of rotatable bonds is 6. The smallest absolute Gasteiger partial charge is 0.274 e. The lowest BCUT2D eigenvalue weighted by atomic mass is 10.2. The van der Waals surface area contributed by atoms with Gasteiger partial charge in [0, 0.05) is 30.4 Å². The molecule has 0 aliphatic carbocycles. The Balaban J connectivity index is 1.39. The molecule has 0 fully saturated rings. The van der Waals surface area contributed by atoms with Crippen molar-refractivity contribution in [1.29, 1.82) is 0 Å². The highest BCUT2D eigenvalue weighted by atomic mass is 35.5. The molecule has 0 bridgehead atoms. The zero-order valence-electron chi connectivity index (χ0n) is 18.9. The first-order chi connectivity index (χ1) is 17.6. The predicted molar refractivity (Wildman–Crippen MR) is 132 cm³/mol. The van der Waals surface area contributed by atoms with Crippen LogP contribution < -0.4 is 10.0 Å². The highest BCUT2D eigenvalue weighted by molar-refractivity contribution is 7.92. The lowest BCUT2D eigenvalue weighted by Crippen LogP contribution is -2.16. The summed E-state index contributed by atoms with van der Waals surface area (Å²) in [7, 11) is -2.50. The summed E-state index contributed by atoms with van der Waals surface area (Å²) < 4.78 is 57.6. The number of carbonyl (C=O) groups is 1. The fourth-order valence-corrected chi connectivity index (χ4v) is 4.76. The first-order valence-corrected chi connectivity index (χ1v) is 12.4. The van der Waals surface area contributed by atoms with E-state index in [1.807, 2.05) is 0 Å². The van der Waals surface area contributed by atoms with Crippen molar-refractivity contribution >= 4 is 49.8 Å². The van der Waals surface area contributed by atoms with Gasteiger partial charge in [0.15, 0.2) is 5.82 Å². The molecule has 1 amide bonds. The number of nitrogens with one attached hydrogen (secondary N) is 2. The van der Waals surface area contributed by atoms with Gasteiger partial charge in [0.05, 0.1) is 28.6 Å². The van der Waals surface area contributed by atoms with E-state index in [2.05, 4.69) is 25.2 Å². The summed E-state index contributed by atoms with van der Waals surface area (Å²) in [6.07, 6.45) is 3.55. The van der Waals surface area contributed by atoms with E-state index < -0.39 is 27.6 Å². The Morgan fingerprint density at radius 1 is 1.05 bits per heavy atom. The minimum atomic E-state index is -4.06. The zero-order valence-corrected chi connectivity index (χ0v) is 20.4. The summed E-state index contributed by atoms with van der Waals surface area (Å²) in [5.74, 6) is -1.55. The average Bonchev–Trinajstić information content (AvgIpc) is 3.46. The van der Waals surface area contributed by atoms with E-state index >= 15 is 0 Å². The SMILES string of the molecule is Cn1nc2cc(NS(=O)(=O)c3cnn(-c4cc(F)ccn4)c3)ccc2c1C(=O)Nc1ccc(F)c(Cl)c1. The van der Waals surface area contributed by atoms with Crippen molar-refractivity contribution in [3.05, 3.63) is 89.5 Å². The normalized spacial score (nSPS) is 11.6. The molecule has 2 N–H and O–H groups in total. The van der Waals surface area contributed by atoms with Crippen molar-refractivity contribution in [3.8, 4) is 5.82 Å². The Labute approximate surface area is 213 Å². The molecular formula is C23H16ClF2N7O3S. The monoisotopic (exact) mass is 543 g/mol. The van der Waals surface area contributed by atoms with Crippen molar-refractivity contribution in [2.24, 2.45) is 7.05 Å². The van der Waals surface area contributed by atoms with Crippen LogP contribution in [0.15, 0.2) is 72.0 Å². The standard InChI is InChI=1S/C23H16ClF2N7O3S/c1-32-22(23(34)29-14-3-5-19(26)18(24)9-14)17-4-2-15(10-20(17)30-32)31-37(35,36)16-11-28-33(12-16)21-8-13(25)6-7-27-21/h2-12,31H,1H3,(H,29,34). The van der Waals surface area contributed by atoms with E-state index in [1.54, 1.807) is 13.1 Å². The fourth-order valence-electron chi connectivity index (χ4n) is 3.60. The maximum absolute atomic E-state index is 13.5. The number of benzene rings is 2. The summed E-state index contributed by atoms with van der Waals surface area (Å²) in [4.78, 5) is 16.7. The first-order valence-electron chi connectivity index (χ1n) is 10.5. The van der Waals surface area contributed by atoms with Crippen LogP contribution in [-0.4, -0.2) is 38.9 Å². The molecule has 3 aromatic heterocycles. The first kappa shape index (κ1) is 24.3. The molecule has 37 heavy (non-hydrogen) atoms. The number of anilines is 2. The number of aryl methyl sites for hydroxylation is 1. The molecule has 0 unspecified atom stereocenters. The second-order valence-corrected chi connectivity index (χ2v) is 9.94. The zero-order chi connectivity index (χ0) is 26.3. The molecule has 0 saturated carbocycles. The maximum atomic E-state index is 13.5. The van der Waals surface area contributed by atoms with Gasteiger partial charge in [-0.25, -0.2) is 26.9 Å². The molecule has 188 valence electrons. The summed E-state index contributed by atoms with van der Waals surface area (Å²) in [6.45, 7) is 0. The quantitative estimate of drug-likeness (QED) is 0.332. The number of fused-ring (bicyclic) bond motifs is 1. The number of aromatic nitrogens is 5. The third-order valence-corrected chi connectivity index (χ3v) is 6.92. The fraction of sp³-hybridized carbons (Fsp3) is 0.0435. The van der Waals surface area contributed by atoms with Crippen molar-refractivity contribution < 1.29 is 22.0 Å². The Kier molecular flexibility index (Phi) is 6.09. The summed E-state index contributed by atoms with van der Waals surface area (Å²) in [5.41, 5.74) is 1.04. The highest BCUT2D eigenvalue weighted by Gasteiger charge is 2.21. The Hall–Kier alpha value is -4.36. The second kappa shape index (κ2) is 9.26. The van der Waals surface area contributed by atoms with Gasteiger partial charge < -0.3 is 5.32 Å². The van der Waals surface area contributed by atoms with Crippen molar-refractivity contribution in [1.82, 2.24) is 24.5 Å². The molecule has 10 nitrogen and oxygen atoms in total. The lowest BCUT2D eigenvalue weighted by molar-refractivity contribution is 0.101. The molecule has 14 heteroatoms. The highest BCUT2D eigenvalue weighted by Crippen LogP contribution is 2.26. The minimum absolute atomic E-state index is 0.116. The lowest BCUT2D eigenvalue weighted by Gasteiger charge is -2.07. The number of sulfonamides is 1. The Morgan fingerprint density at radius 3 is 2.59 bits per heavy atom. The van der Waals surface area contributed by atoms with Gasteiger partial charge in [-0.15, -0.1) is 0 Å². The number of pyridine rings is 1. The Bertz CT molecular complexity index is 1790. The van der Waals surface area contributed by atoms with E-state index in [4.69, 9.17) is 11.6 Å². The third kappa shape index (κ3) is 4.86. The number of halogens is 3. The van der Waals surface area contributed by atoms with E-state index in [-0.39, 0.29) is 27.1 Å². The molecule has 0 spiro atoms. The maximum Gasteiger partial charge on any atom is 0.274 e. The van der Waals surface area contributed by atoms with Crippen LogP contribution in [-0.2, 0) is 17.1 Å². The van der Waals surface area contributed by atoms with E-state index in [1.165, 1.54) is 41.3 Å². The van der Waals surface area contributed by atoms with Crippen LogP contribution in [0.3, 0.4) is 0 Å². The molecule has 0 saturated heterocycles. The molecule has 5 rings (SSSR count). The van der Waals surface area contributed by atoms with Gasteiger partial charge in [0.2, 0.25) is 0 Å². The van der Waals surface area contributed by atoms with E-state index in [9.17, 15) is 22.0 Å². The number of nitrogens with zero attached hydrogens (tertiary/aromatic N) is 5. The van der Waals surface area contributed by atoms with Crippen LogP contribution in [0.2, 0.25) is 5.02 Å². The van der Waals surface area contributed by atoms with Crippen LogP contribution in [0.5, 0.6) is 0 Å². The predicted octanol–water partition coefficient (Wildman–Crippen LogP) is 4.14. The number of hydrogen-bond acceptors (Lipinski definition) is 6. The number of amides is 1. The van der Waals surface area contributed by atoms with Gasteiger partial charge in [-0.05, 0) is 42.5 Å². The Morgan fingerprint density at radius 2 is 1.84 bits per heavy atom. The molecule has 3 heterocycles. The van der Waals surface area contributed by atoms with Crippen LogP contribution >= 0.6 is 11.6 Å². The summed E-state index contributed by atoms with van der Waals surface area (Å²) in [6, 6.07) is 10.6. The molecule has 0 atom stereocenters. The van der Waals surface area contributed by atoms with Gasteiger partial charge >= 0.3 is 0 Å². The van der Waals surface area contributed by atoms with Crippen LogP contribution in [0.4, 0.5) is 20.2 Å². The van der Waals surface area contributed by atoms with Gasteiger partial charge in [-0.3, -0.25) is 14.2 Å². The van der Waals surface area contributed by atoms with Gasteiger partial charge in [-0.1, -0.05) is 11.6 Å². The third-order valence-electron chi connectivity index (χ3n) is 5.29. The molecule has 5 aromatic rings. The second-order valence-electron chi connectivity index (χ2n) is 7.85. The topological polar surface area (TPSA) is 124 Å². The van der Waals surface area contributed by atoms with Gasteiger partial charge in [-0.2, -0.15) is 10.2 Å². The molecule has 0 radical (unpaired) electrons. The van der Waals surface area contributed by atoms with Crippen LogP contribution in [0.1, 0.15) is 10.5 Å². The molecular weight excluding hydrogens is 528 g/mol.